The summed E-state index contributed by atoms with van der Waals surface area (Å²) < 4.78 is 0. The summed E-state index contributed by atoms with van der Waals surface area (Å²) in [5.41, 5.74) is 1.95. The van der Waals surface area contributed by atoms with Gasteiger partial charge in [-0.15, -0.1) is 0 Å². The summed E-state index contributed by atoms with van der Waals surface area (Å²) in [5, 5.41) is 9.64. The molecule has 1 aromatic rings. The van der Waals surface area contributed by atoms with Crippen LogP contribution in [0.3, 0.4) is 0 Å². The van der Waals surface area contributed by atoms with Crippen LogP contribution in [0.1, 0.15) is 5.69 Å². The second kappa shape index (κ2) is 3.16. The molecule has 0 aromatic carbocycles. The molecule has 13 heavy (non-hydrogen) atoms. The van der Waals surface area contributed by atoms with Gasteiger partial charge in [0.1, 0.15) is 5.15 Å². The third-order valence-electron chi connectivity index (χ3n) is 2.13. The third-order valence-corrected chi connectivity index (χ3v) is 2.33. The largest absolute Gasteiger partial charge is 0.389 e. The van der Waals surface area contributed by atoms with Crippen molar-refractivity contribution in [3.63, 3.8) is 0 Å². The molecule has 1 aromatic heterocycles. The maximum absolute atomic E-state index is 9.13. The molecule has 0 spiro atoms. The second-order valence-corrected chi connectivity index (χ2v) is 3.74. The minimum Gasteiger partial charge on any atom is -0.389 e. The Morgan fingerprint density at radius 1 is 1.54 bits per heavy atom. The first-order valence-corrected chi connectivity index (χ1v) is 4.60. The molecule has 1 N–H and O–H groups in total. The Kier molecular flexibility index (Phi) is 2.14. The highest BCUT2D eigenvalue weighted by Crippen LogP contribution is 2.23. The van der Waals surface area contributed by atoms with Gasteiger partial charge in [0.2, 0.25) is 0 Å². The van der Waals surface area contributed by atoms with Gasteiger partial charge in [0.15, 0.2) is 0 Å². The van der Waals surface area contributed by atoms with Crippen LogP contribution in [-0.2, 0) is 0 Å². The molecule has 4 heteroatoms. The lowest BCUT2D eigenvalue weighted by Crippen LogP contribution is -2.50. The fourth-order valence-electron chi connectivity index (χ4n) is 1.46. The molecule has 1 saturated heterocycles. The van der Waals surface area contributed by atoms with Gasteiger partial charge in [-0.2, -0.15) is 0 Å². The summed E-state index contributed by atoms with van der Waals surface area (Å²) in [6, 6.07) is 3.79. The van der Waals surface area contributed by atoms with E-state index in [0.29, 0.717) is 18.2 Å². The predicted octanol–water partition coefficient (Wildman–Crippen LogP) is 1.22. The number of aromatic nitrogens is 1. The number of aliphatic hydroxyl groups is 1. The molecule has 70 valence electrons. The van der Waals surface area contributed by atoms with Gasteiger partial charge < -0.3 is 10.0 Å². The first-order chi connectivity index (χ1) is 6.15. The van der Waals surface area contributed by atoms with Crippen molar-refractivity contribution in [3.8, 4) is 0 Å². The van der Waals surface area contributed by atoms with Gasteiger partial charge in [-0.05, 0) is 19.1 Å². The average Bonchev–Trinajstić information content (AvgIpc) is 1.96. The SMILES string of the molecule is Cc1cc(N2CC(O)C2)cc(Cl)n1. The van der Waals surface area contributed by atoms with E-state index in [9.17, 15) is 0 Å². The molecule has 1 fully saturated rings. The lowest BCUT2D eigenvalue weighted by Gasteiger charge is -2.37. The highest BCUT2D eigenvalue weighted by molar-refractivity contribution is 6.29. The Balaban J connectivity index is 2.21. The van der Waals surface area contributed by atoms with Crippen LogP contribution in [0, 0.1) is 6.92 Å². The number of halogens is 1. The summed E-state index contributed by atoms with van der Waals surface area (Å²) in [7, 11) is 0. The van der Waals surface area contributed by atoms with Gasteiger partial charge in [0, 0.05) is 24.5 Å². The molecular weight excluding hydrogens is 188 g/mol. The summed E-state index contributed by atoms with van der Waals surface area (Å²) in [6.07, 6.45) is -0.188. The van der Waals surface area contributed by atoms with E-state index < -0.39 is 0 Å². The van der Waals surface area contributed by atoms with Gasteiger partial charge >= 0.3 is 0 Å². The van der Waals surface area contributed by atoms with Gasteiger partial charge in [0.05, 0.1) is 6.10 Å². The second-order valence-electron chi connectivity index (χ2n) is 3.35. The number of β-amino-alcohol motifs (C(OH)–C–C–N with tert-alkyl or cyclic N) is 1. The number of hydrogen-bond acceptors (Lipinski definition) is 3. The van der Waals surface area contributed by atoms with Crippen molar-refractivity contribution in [3.05, 3.63) is 23.0 Å². The van der Waals surface area contributed by atoms with Gasteiger partial charge in [-0.25, -0.2) is 4.98 Å². The Morgan fingerprint density at radius 2 is 2.23 bits per heavy atom. The number of nitrogens with zero attached hydrogens (tertiary/aromatic N) is 2. The van der Waals surface area contributed by atoms with E-state index in [0.717, 1.165) is 11.4 Å². The number of hydrogen-bond donors (Lipinski definition) is 1. The standard InChI is InChI=1S/C9H11ClN2O/c1-6-2-7(3-9(10)11-6)12-4-8(13)5-12/h2-3,8,13H,4-5H2,1H3. The zero-order chi connectivity index (χ0) is 9.42. The Bertz CT molecular complexity index is 303. The summed E-state index contributed by atoms with van der Waals surface area (Å²) >= 11 is 5.81. The molecular formula is C9H11ClN2O. The van der Waals surface area contributed by atoms with Crippen LogP contribution in [0.2, 0.25) is 5.15 Å². The first-order valence-electron chi connectivity index (χ1n) is 4.22. The van der Waals surface area contributed by atoms with Crippen molar-refractivity contribution in [2.45, 2.75) is 13.0 Å². The number of aliphatic hydroxyl groups excluding tert-OH is 1. The molecule has 2 heterocycles. The van der Waals surface area contributed by atoms with Crippen LogP contribution < -0.4 is 4.90 Å². The third kappa shape index (κ3) is 1.76. The van der Waals surface area contributed by atoms with Crippen molar-refractivity contribution in [2.24, 2.45) is 0 Å². The molecule has 0 atom stereocenters. The zero-order valence-electron chi connectivity index (χ0n) is 7.37. The number of rotatable bonds is 1. The molecule has 0 amide bonds. The van der Waals surface area contributed by atoms with Gasteiger partial charge in [0.25, 0.3) is 0 Å². The van der Waals surface area contributed by atoms with Crippen molar-refractivity contribution in [1.29, 1.82) is 0 Å². The average molecular weight is 199 g/mol. The normalized spacial score (nSPS) is 17.3. The lowest BCUT2D eigenvalue weighted by molar-refractivity contribution is 0.142. The van der Waals surface area contributed by atoms with Crippen molar-refractivity contribution >= 4 is 17.3 Å². The molecule has 0 aliphatic carbocycles. The van der Waals surface area contributed by atoms with E-state index in [1.54, 1.807) is 0 Å². The zero-order valence-corrected chi connectivity index (χ0v) is 8.12. The Morgan fingerprint density at radius 3 is 2.77 bits per heavy atom. The minimum absolute atomic E-state index is 0.188. The van der Waals surface area contributed by atoms with Crippen molar-refractivity contribution < 1.29 is 5.11 Å². The maximum Gasteiger partial charge on any atom is 0.131 e. The smallest absolute Gasteiger partial charge is 0.131 e. The van der Waals surface area contributed by atoms with Crippen LogP contribution in [-0.4, -0.2) is 29.3 Å². The fraction of sp³-hybridized carbons (Fsp3) is 0.444. The number of aryl methyl sites for hydroxylation is 1. The maximum atomic E-state index is 9.13. The van der Waals surface area contributed by atoms with E-state index in [4.69, 9.17) is 16.7 Å². The predicted molar refractivity (Wildman–Crippen MR) is 52.2 cm³/mol. The van der Waals surface area contributed by atoms with Crippen molar-refractivity contribution in [1.82, 2.24) is 4.98 Å². The first kappa shape index (κ1) is 8.78. The van der Waals surface area contributed by atoms with E-state index in [2.05, 4.69) is 9.88 Å². The highest BCUT2D eigenvalue weighted by Gasteiger charge is 2.24. The van der Waals surface area contributed by atoms with Crippen LogP contribution in [0.25, 0.3) is 0 Å². The van der Waals surface area contributed by atoms with Crippen LogP contribution in [0.15, 0.2) is 12.1 Å². The summed E-state index contributed by atoms with van der Waals surface area (Å²) in [5.74, 6) is 0. The highest BCUT2D eigenvalue weighted by atomic mass is 35.5. The lowest BCUT2D eigenvalue weighted by atomic mass is 10.1. The molecule has 0 unspecified atom stereocenters. The molecule has 1 aliphatic rings. The fourth-order valence-corrected chi connectivity index (χ4v) is 1.70. The van der Waals surface area contributed by atoms with Crippen LogP contribution in [0.5, 0.6) is 0 Å². The number of pyridine rings is 1. The van der Waals surface area contributed by atoms with E-state index in [-0.39, 0.29) is 6.10 Å². The molecule has 0 bridgehead atoms. The van der Waals surface area contributed by atoms with Crippen LogP contribution >= 0.6 is 11.6 Å². The number of anilines is 1. The topological polar surface area (TPSA) is 36.4 Å². The van der Waals surface area contributed by atoms with Crippen molar-refractivity contribution in [2.75, 3.05) is 18.0 Å². The van der Waals surface area contributed by atoms with E-state index >= 15 is 0 Å². The molecule has 0 saturated carbocycles. The van der Waals surface area contributed by atoms with E-state index in [1.807, 2.05) is 19.1 Å². The van der Waals surface area contributed by atoms with Crippen LogP contribution in [0.4, 0.5) is 5.69 Å². The monoisotopic (exact) mass is 198 g/mol. The van der Waals surface area contributed by atoms with Gasteiger partial charge in [-0.3, -0.25) is 0 Å². The molecule has 3 nitrogen and oxygen atoms in total. The van der Waals surface area contributed by atoms with Gasteiger partial charge in [-0.1, -0.05) is 11.6 Å². The quantitative estimate of drug-likeness (QED) is 0.690. The molecule has 0 radical (unpaired) electrons. The summed E-state index contributed by atoms with van der Waals surface area (Å²) in [6.45, 7) is 3.30. The molecule has 2 rings (SSSR count). The Labute approximate surface area is 82.0 Å². The Hall–Kier alpha value is -0.800. The summed E-state index contributed by atoms with van der Waals surface area (Å²) in [4.78, 5) is 6.14. The minimum atomic E-state index is -0.188. The molecule has 1 aliphatic heterocycles. The van der Waals surface area contributed by atoms with E-state index in [1.165, 1.54) is 0 Å².